The van der Waals surface area contributed by atoms with Crippen molar-refractivity contribution in [2.45, 2.75) is 44.2 Å². The lowest BCUT2D eigenvalue weighted by atomic mass is 10.0. The third-order valence-electron chi connectivity index (χ3n) is 3.24. The first kappa shape index (κ1) is 11.2. The SMILES string of the molecule is CC[Si](OC)(OC)C1CC[CH]CC1. The van der Waals surface area contributed by atoms with E-state index in [9.17, 15) is 0 Å². The average Bonchev–Trinajstić information content (AvgIpc) is 2.23. The van der Waals surface area contributed by atoms with Crippen LogP contribution in [-0.2, 0) is 8.85 Å². The number of rotatable bonds is 4. The molecular weight excluding hydrogens is 180 g/mol. The van der Waals surface area contributed by atoms with E-state index in [1.54, 1.807) is 0 Å². The van der Waals surface area contributed by atoms with Crippen LogP contribution in [0.15, 0.2) is 0 Å². The van der Waals surface area contributed by atoms with Gasteiger partial charge in [-0.05, 0) is 25.3 Å². The van der Waals surface area contributed by atoms with Gasteiger partial charge >= 0.3 is 8.56 Å². The van der Waals surface area contributed by atoms with Crippen LogP contribution in [0.2, 0.25) is 11.6 Å². The fourth-order valence-electron chi connectivity index (χ4n) is 2.36. The van der Waals surface area contributed by atoms with Crippen molar-refractivity contribution in [3.05, 3.63) is 6.42 Å². The smallest absolute Gasteiger partial charge is 0.340 e. The zero-order valence-corrected chi connectivity index (χ0v) is 10.0. The molecule has 0 saturated heterocycles. The van der Waals surface area contributed by atoms with Gasteiger partial charge in [-0.2, -0.15) is 0 Å². The van der Waals surface area contributed by atoms with Crippen LogP contribution >= 0.6 is 0 Å². The third-order valence-corrected chi connectivity index (χ3v) is 7.43. The van der Waals surface area contributed by atoms with Crippen LogP contribution in [0.5, 0.6) is 0 Å². The highest BCUT2D eigenvalue weighted by atomic mass is 28.4. The molecular formula is C10H21O2Si. The molecule has 1 saturated carbocycles. The van der Waals surface area contributed by atoms with Gasteiger partial charge in [0.15, 0.2) is 0 Å². The largest absolute Gasteiger partial charge is 0.397 e. The van der Waals surface area contributed by atoms with Crippen LogP contribution in [0.25, 0.3) is 0 Å². The molecule has 0 unspecified atom stereocenters. The summed E-state index contributed by atoms with van der Waals surface area (Å²) >= 11 is 0. The Morgan fingerprint density at radius 2 is 1.77 bits per heavy atom. The predicted molar refractivity (Wildman–Crippen MR) is 56.8 cm³/mol. The van der Waals surface area contributed by atoms with Gasteiger partial charge in [-0.25, -0.2) is 0 Å². The predicted octanol–water partition coefficient (Wildman–Crippen LogP) is 2.89. The summed E-state index contributed by atoms with van der Waals surface area (Å²) in [6.07, 6.45) is 7.40. The normalized spacial score (nSPS) is 20.5. The minimum atomic E-state index is -1.84. The van der Waals surface area contributed by atoms with E-state index in [0.717, 1.165) is 6.04 Å². The van der Waals surface area contributed by atoms with E-state index in [0.29, 0.717) is 5.54 Å². The minimum absolute atomic E-state index is 0.706. The molecule has 13 heavy (non-hydrogen) atoms. The Hall–Kier alpha value is 0.137. The first-order chi connectivity index (χ1) is 6.29. The minimum Gasteiger partial charge on any atom is -0.397 e. The average molecular weight is 201 g/mol. The highest BCUT2D eigenvalue weighted by Crippen LogP contribution is 2.39. The van der Waals surface area contributed by atoms with E-state index in [-0.39, 0.29) is 0 Å². The lowest BCUT2D eigenvalue weighted by Gasteiger charge is -2.36. The second-order valence-electron chi connectivity index (χ2n) is 3.71. The van der Waals surface area contributed by atoms with Gasteiger partial charge in [0.05, 0.1) is 0 Å². The first-order valence-corrected chi connectivity index (χ1v) is 7.31. The fourth-order valence-corrected chi connectivity index (χ4v) is 5.56. The maximum Gasteiger partial charge on any atom is 0.340 e. The highest BCUT2D eigenvalue weighted by molar-refractivity contribution is 6.68. The summed E-state index contributed by atoms with van der Waals surface area (Å²) in [7, 11) is 1.80. The molecule has 1 rings (SSSR count). The molecule has 1 radical (unpaired) electrons. The second-order valence-corrected chi connectivity index (χ2v) is 7.68. The number of hydrogen-bond acceptors (Lipinski definition) is 2. The van der Waals surface area contributed by atoms with Crippen molar-refractivity contribution in [2.24, 2.45) is 0 Å². The van der Waals surface area contributed by atoms with Crippen LogP contribution < -0.4 is 0 Å². The Kier molecular flexibility index (Phi) is 4.42. The molecule has 0 heterocycles. The van der Waals surface area contributed by atoms with Crippen molar-refractivity contribution < 1.29 is 8.85 Å². The van der Waals surface area contributed by atoms with Crippen LogP contribution in [0.1, 0.15) is 32.6 Å². The van der Waals surface area contributed by atoms with Crippen molar-refractivity contribution in [3.63, 3.8) is 0 Å². The van der Waals surface area contributed by atoms with Gasteiger partial charge in [0.1, 0.15) is 0 Å². The van der Waals surface area contributed by atoms with Gasteiger partial charge in [0.2, 0.25) is 0 Å². The quantitative estimate of drug-likeness (QED) is 0.651. The van der Waals surface area contributed by atoms with Crippen molar-refractivity contribution in [1.82, 2.24) is 0 Å². The second kappa shape index (κ2) is 5.13. The molecule has 0 amide bonds. The van der Waals surface area contributed by atoms with E-state index in [1.807, 2.05) is 14.2 Å². The zero-order chi connectivity index (χ0) is 9.73. The maximum atomic E-state index is 5.68. The molecule has 1 aliphatic rings. The van der Waals surface area contributed by atoms with E-state index >= 15 is 0 Å². The van der Waals surface area contributed by atoms with Crippen molar-refractivity contribution >= 4 is 8.56 Å². The van der Waals surface area contributed by atoms with Gasteiger partial charge in [0.25, 0.3) is 0 Å². The lowest BCUT2D eigenvalue weighted by Crippen LogP contribution is -2.45. The Balaban J connectivity index is 2.60. The van der Waals surface area contributed by atoms with Crippen LogP contribution in [0, 0.1) is 6.42 Å². The molecule has 0 aromatic rings. The zero-order valence-electron chi connectivity index (χ0n) is 9.01. The molecule has 1 fully saturated rings. The summed E-state index contributed by atoms with van der Waals surface area (Å²) in [5.74, 6) is 0. The Morgan fingerprint density at radius 1 is 1.23 bits per heavy atom. The van der Waals surface area contributed by atoms with Crippen molar-refractivity contribution in [3.8, 4) is 0 Å². The molecule has 0 N–H and O–H groups in total. The molecule has 2 nitrogen and oxygen atoms in total. The van der Waals surface area contributed by atoms with Gasteiger partial charge in [0, 0.05) is 19.8 Å². The van der Waals surface area contributed by atoms with Crippen molar-refractivity contribution in [2.75, 3.05) is 14.2 Å². The standard InChI is InChI=1S/C10H21O2Si/c1-4-13(11-2,12-3)10-8-6-5-7-9-10/h5,10H,4,6-9H2,1-3H3. The summed E-state index contributed by atoms with van der Waals surface area (Å²) < 4.78 is 11.4. The third kappa shape index (κ3) is 2.33. The molecule has 3 heteroatoms. The van der Waals surface area contributed by atoms with Crippen LogP contribution in [0.3, 0.4) is 0 Å². The Morgan fingerprint density at radius 3 is 2.15 bits per heavy atom. The van der Waals surface area contributed by atoms with Gasteiger partial charge in [-0.15, -0.1) is 0 Å². The van der Waals surface area contributed by atoms with Gasteiger partial charge < -0.3 is 8.85 Å². The molecule has 0 bridgehead atoms. The Bertz CT molecular complexity index is 132. The Labute approximate surface area is 82.9 Å². The molecule has 0 aromatic heterocycles. The van der Waals surface area contributed by atoms with E-state index in [2.05, 4.69) is 13.3 Å². The van der Waals surface area contributed by atoms with E-state index in [4.69, 9.17) is 8.85 Å². The summed E-state index contributed by atoms with van der Waals surface area (Å²) in [5, 5.41) is 0. The summed E-state index contributed by atoms with van der Waals surface area (Å²) in [6.45, 7) is 2.19. The summed E-state index contributed by atoms with van der Waals surface area (Å²) in [6, 6.07) is 1.07. The lowest BCUT2D eigenvalue weighted by molar-refractivity contribution is 0.221. The van der Waals surface area contributed by atoms with Crippen LogP contribution in [0.4, 0.5) is 0 Å². The van der Waals surface area contributed by atoms with Gasteiger partial charge in [-0.1, -0.05) is 19.8 Å². The highest BCUT2D eigenvalue weighted by Gasteiger charge is 2.42. The first-order valence-electron chi connectivity index (χ1n) is 5.21. The molecule has 1 aliphatic carbocycles. The van der Waals surface area contributed by atoms with Crippen LogP contribution in [-0.4, -0.2) is 22.8 Å². The maximum absolute atomic E-state index is 5.68. The molecule has 0 atom stereocenters. The summed E-state index contributed by atoms with van der Waals surface area (Å²) in [5.41, 5.74) is 0.706. The molecule has 77 valence electrons. The summed E-state index contributed by atoms with van der Waals surface area (Å²) in [4.78, 5) is 0. The monoisotopic (exact) mass is 201 g/mol. The van der Waals surface area contributed by atoms with E-state index in [1.165, 1.54) is 25.7 Å². The fraction of sp³-hybridized carbons (Fsp3) is 0.900. The van der Waals surface area contributed by atoms with Gasteiger partial charge in [-0.3, -0.25) is 0 Å². The van der Waals surface area contributed by atoms with E-state index < -0.39 is 8.56 Å². The topological polar surface area (TPSA) is 18.5 Å². The molecule has 0 spiro atoms. The molecule has 0 aliphatic heterocycles. The van der Waals surface area contributed by atoms with Crippen molar-refractivity contribution in [1.29, 1.82) is 0 Å². The number of hydrogen-bond donors (Lipinski definition) is 0. The molecule has 0 aromatic carbocycles.